The molecule has 0 spiro atoms. The monoisotopic (exact) mass is 580 g/mol. The summed E-state index contributed by atoms with van der Waals surface area (Å²) in [5.41, 5.74) is 0.526. The number of aliphatic hydroxyl groups is 1. The Morgan fingerprint density at radius 2 is 1.90 bits per heavy atom. The predicted octanol–water partition coefficient (Wildman–Crippen LogP) is -0.661. The summed E-state index contributed by atoms with van der Waals surface area (Å²) in [5, 5.41) is 25.1. The van der Waals surface area contributed by atoms with Crippen molar-refractivity contribution in [3.8, 4) is 0 Å². The summed E-state index contributed by atoms with van der Waals surface area (Å²) < 4.78 is 5.04. The van der Waals surface area contributed by atoms with Gasteiger partial charge in [-0.15, -0.1) is 0 Å². The van der Waals surface area contributed by atoms with Crippen molar-refractivity contribution < 1.29 is 48.5 Å². The van der Waals surface area contributed by atoms with Crippen LogP contribution in [0.1, 0.15) is 48.0 Å². The van der Waals surface area contributed by atoms with Gasteiger partial charge in [-0.25, -0.2) is 9.80 Å². The Hall–Kier alpha value is -4.04. The fourth-order valence-electron chi connectivity index (χ4n) is 4.53. The highest BCUT2D eigenvalue weighted by atomic mass is 35.5. The van der Waals surface area contributed by atoms with Gasteiger partial charge in [0.05, 0.1) is 17.0 Å². The third-order valence-corrected chi connectivity index (χ3v) is 6.81. The quantitative estimate of drug-likeness (QED) is 0.257. The number of carbonyl (C=O) groups is 7. The SMILES string of the molecule is Cc1cccc(Cl)c1C(=O)OCC(=O)C(CC(=O)O)NC(=O)C1CCCN2C(=O)CCC(NC(=O)CO)C(=O)N12. The lowest BCUT2D eigenvalue weighted by Gasteiger charge is -2.43. The van der Waals surface area contributed by atoms with Crippen molar-refractivity contribution in [3.63, 3.8) is 0 Å². The fraction of sp³-hybridized carbons (Fsp3) is 0.480. The van der Waals surface area contributed by atoms with Crippen molar-refractivity contribution in [3.05, 3.63) is 34.3 Å². The predicted molar refractivity (Wildman–Crippen MR) is 135 cm³/mol. The molecule has 2 heterocycles. The molecule has 2 fully saturated rings. The summed E-state index contributed by atoms with van der Waals surface area (Å²) in [6.45, 7) is -0.0103. The number of ether oxygens (including phenoxy) is 1. The molecule has 2 aliphatic heterocycles. The van der Waals surface area contributed by atoms with Gasteiger partial charge in [0.2, 0.25) is 17.7 Å². The Morgan fingerprint density at radius 3 is 2.55 bits per heavy atom. The number of Topliss-reactive ketones (excluding diaryl/α,β-unsaturated/α-hetero) is 1. The lowest BCUT2D eigenvalue weighted by atomic mass is 10.0. The first-order chi connectivity index (χ1) is 18.9. The van der Waals surface area contributed by atoms with Crippen LogP contribution in [0.3, 0.4) is 0 Å². The minimum atomic E-state index is -1.62. The lowest BCUT2D eigenvalue weighted by Crippen LogP contribution is -2.64. The molecule has 0 radical (unpaired) electrons. The molecule has 3 unspecified atom stereocenters. The van der Waals surface area contributed by atoms with Crippen LogP contribution in [0, 0.1) is 6.92 Å². The number of carbonyl (C=O) groups excluding carboxylic acids is 6. The standard InChI is InChI=1S/C25H29ClN4O10/c1-13-4-2-5-14(26)22(13)25(39)40-12-18(32)16(10-21(35)36)28-23(37)17-6-3-9-29-20(34)8-7-15(24(38)30(17)29)27-19(33)11-31/h2,4-5,15-17,31H,3,6-12H2,1H3,(H,27,33)(H,28,37)(H,35,36). The van der Waals surface area contributed by atoms with E-state index in [1.54, 1.807) is 19.1 Å². The Kier molecular flexibility index (Phi) is 10.2. The number of nitrogens with zero attached hydrogens (tertiary/aromatic N) is 2. The zero-order valence-electron chi connectivity index (χ0n) is 21.6. The number of hydrogen-bond acceptors (Lipinski definition) is 9. The van der Waals surface area contributed by atoms with E-state index >= 15 is 0 Å². The normalized spacial score (nSPS) is 19.7. The van der Waals surface area contributed by atoms with Crippen LogP contribution in [-0.2, 0) is 33.5 Å². The van der Waals surface area contributed by atoms with Crippen LogP contribution >= 0.6 is 11.6 Å². The number of rotatable bonds is 10. The largest absolute Gasteiger partial charge is 0.481 e. The van der Waals surface area contributed by atoms with E-state index in [1.807, 2.05) is 0 Å². The average molecular weight is 581 g/mol. The van der Waals surface area contributed by atoms with Crippen LogP contribution < -0.4 is 10.6 Å². The second-order valence-corrected chi connectivity index (χ2v) is 9.72. The number of amides is 4. The van der Waals surface area contributed by atoms with Gasteiger partial charge in [-0.2, -0.15) is 0 Å². The molecular weight excluding hydrogens is 552 g/mol. The number of ketones is 1. The van der Waals surface area contributed by atoms with Gasteiger partial charge < -0.3 is 25.6 Å². The fourth-order valence-corrected chi connectivity index (χ4v) is 4.83. The summed E-state index contributed by atoms with van der Waals surface area (Å²) in [7, 11) is 0. The Labute approximate surface area is 233 Å². The second-order valence-electron chi connectivity index (χ2n) is 9.31. The molecule has 1 aromatic rings. The number of aryl methyl sites for hydroxylation is 1. The number of esters is 1. The van der Waals surface area contributed by atoms with E-state index in [2.05, 4.69) is 10.6 Å². The third kappa shape index (κ3) is 7.12. The Balaban J connectivity index is 1.76. The topological polar surface area (TPSA) is 200 Å². The number of benzene rings is 1. The number of carboxylic acid groups (broad SMARTS) is 1. The molecule has 0 saturated carbocycles. The first-order valence-corrected chi connectivity index (χ1v) is 12.8. The van der Waals surface area contributed by atoms with E-state index in [-0.39, 0.29) is 36.4 Å². The smallest absolute Gasteiger partial charge is 0.340 e. The van der Waals surface area contributed by atoms with Crippen LogP contribution in [0.5, 0.6) is 0 Å². The number of carboxylic acids is 1. The first-order valence-electron chi connectivity index (χ1n) is 12.4. The number of nitrogens with one attached hydrogen (secondary N) is 2. The van der Waals surface area contributed by atoms with E-state index in [1.165, 1.54) is 6.07 Å². The molecule has 15 heteroatoms. The summed E-state index contributed by atoms with van der Waals surface area (Å²) in [6.07, 6.45) is -0.597. The van der Waals surface area contributed by atoms with Crippen molar-refractivity contribution in [2.24, 2.45) is 0 Å². The van der Waals surface area contributed by atoms with Crippen molar-refractivity contribution in [2.75, 3.05) is 19.8 Å². The summed E-state index contributed by atoms with van der Waals surface area (Å²) >= 11 is 6.05. The molecule has 3 atom stereocenters. The van der Waals surface area contributed by atoms with Gasteiger partial charge in [-0.1, -0.05) is 23.7 Å². The summed E-state index contributed by atoms with van der Waals surface area (Å²) in [4.78, 5) is 87.8. The number of aliphatic hydroxyl groups excluding tert-OH is 1. The van der Waals surface area contributed by atoms with E-state index in [0.29, 0.717) is 12.0 Å². The van der Waals surface area contributed by atoms with Crippen molar-refractivity contribution in [1.82, 2.24) is 20.7 Å². The van der Waals surface area contributed by atoms with Crippen LogP contribution in [0.25, 0.3) is 0 Å². The van der Waals surface area contributed by atoms with E-state index in [0.717, 1.165) is 10.0 Å². The van der Waals surface area contributed by atoms with Crippen molar-refractivity contribution in [1.29, 1.82) is 0 Å². The molecular formula is C25H29ClN4O10. The molecule has 0 bridgehead atoms. The van der Waals surface area contributed by atoms with Gasteiger partial charge in [-0.3, -0.25) is 33.8 Å². The minimum absolute atomic E-state index is 0.0327. The van der Waals surface area contributed by atoms with Crippen molar-refractivity contribution >= 4 is 53.0 Å². The number of hydrazine groups is 1. The first kappa shape index (κ1) is 30.5. The van der Waals surface area contributed by atoms with Gasteiger partial charge in [-0.05, 0) is 37.8 Å². The number of hydrogen-bond donors (Lipinski definition) is 4. The van der Waals surface area contributed by atoms with E-state index < -0.39 is 79.1 Å². The molecule has 0 aliphatic carbocycles. The molecule has 2 aliphatic rings. The van der Waals surface area contributed by atoms with Crippen LogP contribution in [0.15, 0.2) is 18.2 Å². The van der Waals surface area contributed by atoms with Crippen molar-refractivity contribution in [2.45, 2.75) is 57.2 Å². The minimum Gasteiger partial charge on any atom is -0.481 e. The van der Waals surface area contributed by atoms with Crippen LogP contribution in [0.4, 0.5) is 0 Å². The lowest BCUT2D eigenvalue weighted by molar-refractivity contribution is -0.176. The summed E-state index contributed by atoms with van der Waals surface area (Å²) in [6, 6.07) is 0.585. The van der Waals surface area contributed by atoms with Gasteiger partial charge in [0, 0.05) is 13.0 Å². The van der Waals surface area contributed by atoms with Gasteiger partial charge in [0.1, 0.15) is 24.7 Å². The molecule has 1 aromatic carbocycles. The molecule has 2 saturated heterocycles. The number of fused-ring (bicyclic) bond motifs is 1. The zero-order chi connectivity index (χ0) is 29.6. The number of aliphatic carboxylic acids is 1. The molecule has 40 heavy (non-hydrogen) atoms. The van der Waals surface area contributed by atoms with E-state index in [9.17, 15) is 38.7 Å². The zero-order valence-corrected chi connectivity index (χ0v) is 22.3. The highest BCUT2D eigenvalue weighted by molar-refractivity contribution is 6.33. The van der Waals surface area contributed by atoms with E-state index in [4.69, 9.17) is 21.4 Å². The maximum Gasteiger partial charge on any atom is 0.340 e. The Morgan fingerprint density at radius 1 is 1.18 bits per heavy atom. The molecule has 0 aromatic heterocycles. The van der Waals surface area contributed by atoms with Gasteiger partial charge in [0.15, 0.2) is 12.4 Å². The maximum atomic E-state index is 13.3. The molecule has 3 rings (SSSR count). The average Bonchev–Trinajstić information content (AvgIpc) is 3.02. The molecule has 4 N–H and O–H groups in total. The summed E-state index contributed by atoms with van der Waals surface area (Å²) in [5.74, 6) is -6.25. The highest BCUT2D eigenvalue weighted by Crippen LogP contribution is 2.25. The number of halogens is 1. The Bertz CT molecular complexity index is 1200. The van der Waals surface area contributed by atoms with Gasteiger partial charge >= 0.3 is 11.9 Å². The second kappa shape index (κ2) is 13.3. The molecule has 216 valence electrons. The molecule has 14 nitrogen and oxygen atoms in total. The highest BCUT2D eigenvalue weighted by Gasteiger charge is 2.45. The van der Waals surface area contributed by atoms with Gasteiger partial charge in [0.25, 0.3) is 5.91 Å². The maximum absolute atomic E-state index is 13.3. The van der Waals surface area contributed by atoms with Crippen LogP contribution in [0.2, 0.25) is 5.02 Å². The van der Waals surface area contributed by atoms with Crippen LogP contribution in [-0.4, -0.2) is 99.5 Å². The third-order valence-electron chi connectivity index (χ3n) is 6.50. The molecule has 4 amide bonds.